The Morgan fingerprint density at radius 2 is 2.31 bits per heavy atom. The van der Waals surface area contributed by atoms with Crippen molar-refractivity contribution in [3.05, 3.63) is 29.8 Å². The Labute approximate surface area is 91.9 Å². The number of aliphatic hydroxyl groups excluding tert-OH is 1. The topological polar surface area (TPSA) is 82.5 Å². The molecule has 0 aliphatic rings. The summed E-state index contributed by atoms with van der Waals surface area (Å²) < 4.78 is 12.7. The van der Waals surface area contributed by atoms with Crippen molar-refractivity contribution in [2.45, 2.75) is 12.5 Å². The number of halogens is 1. The summed E-state index contributed by atoms with van der Waals surface area (Å²) in [5.41, 5.74) is -1.33. The van der Waals surface area contributed by atoms with Crippen molar-refractivity contribution in [3.63, 3.8) is 0 Å². The van der Waals surface area contributed by atoms with E-state index in [1.54, 1.807) is 0 Å². The number of amides is 1. The van der Waals surface area contributed by atoms with E-state index in [4.69, 9.17) is 5.11 Å². The zero-order valence-corrected chi connectivity index (χ0v) is 8.77. The first-order chi connectivity index (χ1) is 7.44. The van der Waals surface area contributed by atoms with Crippen molar-refractivity contribution in [2.75, 3.05) is 13.2 Å². The molecule has 0 spiro atoms. The van der Waals surface area contributed by atoms with Gasteiger partial charge in [-0.2, -0.15) is 0 Å². The summed E-state index contributed by atoms with van der Waals surface area (Å²) in [5, 5.41) is 20.5. The Morgan fingerprint density at radius 1 is 1.62 bits per heavy atom. The van der Waals surface area contributed by atoms with Crippen LogP contribution in [0.1, 0.15) is 17.3 Å². The van der Waals surface area contributed by atoms with E-state index in [1.807, 2.05) is 0 Å². The second kappa shape index (κ2) is 5.00. The number of aliphatic hydroxyl groups is 2. The third-order valence-electron chi connectivity index (χ3n) is 1.94. The SMILES string of the molecule is CC(O)(CO)CNC(=O)c1cncc(F)c1. The first-order valence-electron chi connectivity index (χ1n) is 4.66. The molecule has 3 N–H and O–H groups in total. The molecule has 16 heavy (non-hydrogen) atoms. The number of carbonyl (C=O) groups excluding carboxylic acids is 1. The molecule has 0 fully saturated rings. The number of hydrogen-bond donors (Lipinski definition) is 3. The monoisotopic (exact) mass is 228 g/mol. The van der Waals surface area contributed by atoms with Crippen molar-refractivity contribution < 1.29 is 19.4 Å². The van der Waals surface area contributed by atoms with Gasteiger partial charge in [-0.15, -0.1) is 0 Å². The van der Waals surface area contributed by atoms with Gasteiger partial charge in [0.1, 0.15) is 11.4 Å². The van der Waals surface area contributed by atoms with Gasteiger partial charge in [0.25, 0.3) is 5.91 Å². The minimum Gasteiger partial charge on any atom is -0.393 e. The Balaban J connectivity index is 2.60. The summed E-state index contributed by atoms with van der Waals surface area (Å²) in [6.07, 6.45) is 2.20. The molecule has 0 saturated carbocycles. The van der Waals surface area contributed by atoms with E-state index >= 15 is 0 Å². The molecule has 1 aromatic rings. The molecule has 5 nitrogen and oxygen atoms in total. The quantitative estimate of drug-likeness (QED) is 0.660. The fourth-order valence-corrected chi connectivity index (χ4v) is 0.965. The predicted octanol–water partition coefficient (Wildman–Crippen LogP) is -0.306. The minimum absolute atomic E-state index is 0.0636. The fourth-order valence-electron chi connectivity index (χ4n) is 0.965. The van der Waals surface area contributed by atoms with E-state index < -0.39 is 23.9 Å². The minimum atomic E-state index is -1.39. The summed E-state index contributed by atoms with van der Waals surface area (Å²) in [4.78, 5) is 15.0. The van der Waals surface area contributed by atoms with Crippen LogP contribution in [0.2, 0.25) is 0 Å². The number of nitrogens with one attached hydrogen (secondary N) is 1. The normalized spacial score (nSPS) is 14.2. The molecule has 6 heteroatoms. The van der Waals surface area contributed by atoms with Crippen LogP contribution in [0.15, 0.2) is 18.5 Å². The zero-order chi connectivity index (χ0) is 12.2. The number of nitrogens with zero attached hydrogens (tertiary/aromatic N) is 1. The molecule has 1 rings (SSSR count). The summed E-state index contributed by atoms with van der Waals surface area (Å²) >= 11 is 0. The lowest BCUT2D eigenvalue weighted by Crippen LogP contribution is -2.43. The summed E-state index contributed by atoms with van der Waals surface area (Å²) in [5.74, 6) is -1.16. The Kier molecular flexibility index (Phi) is 3.92. The molecule has 88 valence electrons. The third-order valence-corrected chi connectivity index (χ3v) is 1.94. The Morgan fingerprint density at radius 3 is 2.88 bits per heavy atom. The molecule has 0 bridgehead atoms. The number of hydrogen-bond acceptors (Lipinski definition) is 4. The zero-order valence-electron chi connectivity index (χ0n) is 8.77. The van der Waals surface area contributed by atoms with Crippen LogP contribution in [0.25, 0.3) is 0 Å². The van der Waals surface area contributed by atoms with Crippen LogP contribution in [0.3, 0.4) is 0 Å². The number of rotatable bonds is 4. The largest absolute Gasteiger partial charge is 0.393 e. The Bertz CT molecular complexity index is 382. The van der Waals surface area contributed by atoms with Crippen LogP contribution in [0.4, 0.5) is 4.39 Å². The second-order valence-electron chi connectivity index (χ2n) is 3.73. The van der Waals surface area contributed by atoms with Crippen LogP contribution >= 0.6 is 0 Å². The number of pyridine rings is 1. The van der Waals surface area contributed by atoms with E-state index in [-0.39, 0.29) is 12.1 Å². The maximum absolute atomic E-state index is 12.7. The highest BCUT2D eigenvalue weighted by Gasteiger charge is 2.20. The van der Waals surface area contributed by atoms with Gasteiger partial charge in [0, 0.05) is 12.7 Å². The van der Waals surface area contributed by atoms with Gasteiger partial charge in [-0.1, -0.05) is 0 Å². The number of aromatic nitrogens is 1. The van der Waals surface area contributed by atoms with E-state index in [1.165, 1.54) is 13.1 Å². The van der Waals surface area contributed by atoms with Crippen molar-refractivity contribution in [2.24, 2.45) is 0 Å². The van der Waals surface area contributed by atoms with Crippen molar-refractivity contribution in [1.29, 1.82) is 0 Å². The smallest absolute Gasteiger partial charge is 0.253 e. The molecule has 0 aromatic carbocycles. The van der Waals surface area contributed by atoms with Crippen molar-refractivity contribution in [1.82, 2.24) is 10.3 Å². The highest BCUT2D eigenvalue weighted by Crippen LogP contribution is 2.03. The molecule has 1 amide bonds. The maximum atomic E-state index is 12.7. The molecular formula is C10H13FN2O3. The van der Waals surface area contributed by atoms with E-state index in [0.29, 0.717) is 0 Å². The van der Waals surface area contributed by atoms with E-state index in [0.717, 1.165) is 12.3 Å². The Hall–Kier alpha value is -1.53. The molecule has 0 aliphatic heterocycles. The van der Waals surface area contributed by atoms with Crippen LogP contribution in [-0.2, 0) is 0 Å². The van der Waals surface area contributed by atoms with Crippen LogP contribution in [-0.4, -0.2) is 39.9 Å². The molecule has 0 saturated heterocycles. The van der Waals surface area contributed by atoms with Crippen LogP contribution in [0, 0.1) is 5.82 Å². The fraction of sp³-hybridized carbons (Fsp3) is 0.400. The molecule has 1 aromatic heterocycles. The highest BCUT2D eigenvalue weighted by atomic mass is 19.1. The van der Waals surface area contributed by atoms with Crippen LogP contribution in [0.5, 0.6) is 0 Å². The predicted molar refractivity (Wildman–Crippen MR) is 54.2 cm³/mol. The van der Waals surface area contributed by atoms with Gasteiger partial charge in [-0.3, -0.25) is 9.78 Å². The average molecular weight is 228 g/mol. The highest BCUT2D eigenvalue weighted by molar-refractivity contribution is 5.93. The van der Waals surface area contributed by atoms with E-state index in [9.17, 15) is 14.3 Å². The lowest BCUT2D eigenvalue weighted by Gasteiger charge is -2.20. The van der Waals surface area contributed by atoms with E-state index in [2.05, 4.69) is 10.3 Å². The van der Waals surface area contributed by atoms with Gasteiger partial charge >= 0.3 is 0 Å². The maximum Gasteiger partial charge on any atom is 0.253 e. The standard InChI is InChI=1S/C10H13FN2O3/c1-10(16,6-14)5-13-9(15)7-2-8(11)4-12-3-7/h2-4,14,16H,5-6H2,1H3,(H,13,15). The van der Waals surface area contributed by atoms with Gasteiger partial charge in [-0.05, 0) is 13.0 Å². The first-order valence-corrected chi connectivity index (χ1v) is 4.66. The summed E-state index contributed by atoms with van der Waals surface area (Å²) in [6, 6.07) is 1.04. The van der Waals surface area contributed by atoms with Gasteiger partial charge < -0.3 is 15.5 Å². The van der Waals surface area contributed by atoms with Gasteiger partial charge in [-0.25, -0.2) is 4.39 Å². The van der Waals surface area contributed by atoms with Gasteiger partial charge in [0.2, 0.25) is 0 Å². The van der Waals surface area contributed by atoms with Crippen LogP contribution < -0.4 is 5.32 Å². The molecule has 0 aliphatic carbocycles. The lowest BCUT2D eigenvalue weighted by molar-refractivity contribution is 0.00319. The van der Waals surface area contributed by atoms with Crippen molar-refractivity contribution in [3.8, 4) is 0 Å². The summed E-state index contributed by atoms with van der Waals surface area (Å²) in [6.45, 7) is 0.768. The van der Waals surface area contributed by atoms with Gasteiger partial charge in [0.15, 0.2) is 0 Å². The third kappa shape index (κ3) is 3.56. The molecule has 0 radical (unpaired) electrons. The molecule has 1 unspecified atom stereocenters. The van der Waals surface area contributed by atoms with Gasteiger partial charge in [0.05, 0.1) is 18.4 Å². The average Bonchev–Trinajstić information content (AvgIpc) is 2.26. The van der Waals surface area contributed by atoms with Crippen molar-refractivity contribution >= 4 is 5.91 Å². The molecule has 1 atom stereocenters. The lowest BCUT2D eigenvalue weighted by atomic mass is 10.1. The molecule has 1 heterocycles. The summed E-state index contributed by atoms with van der Waals surface area (Å²) in [7, 11) is 0. The second-order valence-corrected chi connectivity index (χ2v) is 3.73. The molecular weight excluding hydrogens is 215 g/mol. The number of carbonyl (C=O) groups is 1. The first kappa shape index (κ1) is 12.5.